The molecule has 23 heteroatoms. The second kappa shape index (κ2) is 11.2. The van der Waals surface area contributed by atoms with Gasteiger partial charge in [0.2, 0.25) is 0 Å². The zero-order valence-corrected chi connectivity index (χ0v) is 19.8. The van der Waals surface area contributed by atoms with Crippen molar-refractivity contribution in [2.45, 2.75) is 0 Å². The topological polar surface area (TPSA) is 351 Å². The van der Waals surface area contributed by atoms with Crippen LogP contribution < -0.4 is 20.4 Å². The molecule has 0 aliphatic carbocycles. The Bertz CT molecular complexity index is 1100. The molecule has 0 bridgehead atoms. The van der Waals surface area contributed by atoms with Gasteiger partial charge in [-0.3, -0.25) is 60.7 Å². The van der Waals surface area contributed by atoms with Crippen LogP contribution in [0, 0.1) is 60.7 Å². The molecule has 35 heavy (non-hydrogen) atoms. The molecular weight excluding hydrogens is 691 g/mol. The Morgan fingerprint density at radius 1 is 0.371 bits per heavy atom. The van der Waals surface area contributed by atoms with Gasteiger partial charge in [0.15, 0.2) is 0 Å². The van der Waals surface area contributed by atoms with Crippen molar-refractivity contribution in [3.8, 4) is 23.0 Å². The molecule has 2 rings (SSSR count). The molecule has 0 fully saturated rings. The maximum absolute atomic E-state index is 11.0. The van der Waals surface area contributed by atoms with E-state index in [1.165, 1.54) is 0 Å². The second-order valence-electron chi connectivity index (χ2n) is 5.38. The zero-order chi connectivity index (χ0) is 26.7. The van der Waals surface area contributed by atoms with Gasteiger partial charge in [0.25, 0.3) is 0 Å². The van der Waals surface area contributed by atoms with Gasteiger partial charge in [-0.05, 0) is 23.0 Å². The molecule has 184 valence electrons. The molecule has 0 saturated carbocycles. The fourth-order valence-corrected chi connectivity index (χ4v) is 2.25. The van der Waals surface area contributed by atoms with Crippen LogP contribution in [0.25, 0.3) is 0 Å². The van der Waals surface area contributed by atoms with E-state index in [-0.39, 0.29) is 39.4 Å². The molecule has 0 atom stereocenters. The van der Waals surface area contributed by atoms with Crippen molar-refractivity contribution in [3.63, 3.8) is 0 Å². The van der Waals surface area contributed by atoms with Crippen molar-refractivity contribution in [3.05, 3.63) is 72.8 Å². The minimum absolute atomic E-state index is 0. The molecule has 0 saturated heterocycles. The van der Waals surface area contributed by atoms with Crippen LogP contribution in [0.1, 0.15) is 0 Å². The normalized spacial score (nSPS) is 9.60. The van der Waals surface area contributed by atoms with Crippen LogP contribution in [-0.4, -0.2) is 56.8 Å². The predicted molar refractivity (Wildman–Crippen MR) is 96.3 cm³/mol. The van der Waals surface area contributed by atoms with Crippen molar-refractivity contribution in [2.24, 2.45) is 0 Å². The van der Waals surface area contributed by atoms with E-state index in [1.54, 1.807) is 0 Å². The third-order valence-corrected chi connectivity index (χ3v) is 3.45. The van der Waals surface area contributed by atoms with Crippen molar-refractivity contribution in [1.82, 2.24) is 0 Å². The second-order valence-corrected chi connectivity index (χ2v) is 5.38. The largest absolute Gasteiger partial charge is 0.868 e. The van der Waals surface area contributed by atoms with Crippen molar-refractivity contribution in [2.75, 3.05) is 0 Å². The van der Waals surface area contributed by atoms with Gasteiger partial charge in [0.1, 0.15) is 0 Å². The average molecular weight is 693 g/mol. The van der Waals surface area contributed by atoms with Crippen LogP contribution in [-0.2, 0) is 0 Å². The Kier molecular flexibility index (Phi) is 9.59. The fourth-order valence-electron chi connectivity index (χ4n) is 2.25. The van der Waals surface area contributed by atoms with Gasteiger partial charge in [-0.1, -0.05) is 12.1 Å². The van der Waals surface area contributed by atoms with E-state index < -0.39 is 86.7 Å². The quantitative estimate of drug-likeness (QED) is 0.193. The summed E-state index contributed by atoms with van der Waals surface area (Å²) in [5.41, 5.74) is -9.78. The summed E-state index contributed by atoms with van der Waals surface area (Å²) in [6.45, 7) is 0. The minimum atomic E-state index is -1.70. The molecule has 0 spiro atoms. The van der Waals surface area contributed by atoms with E-state index in [9.17, 15) is 81.1 Å². The van der Waals surface area contributed by atoms with Crippen molar-refractivity contribution in [1.29, 1.82) is 0 Å². The van der Waals surface area contributed by atoms with Crippen LogP contribution in [0.4, 0.5) is 34.1 Å². The van der Waals surface area contributed by atoms with Gasteiger partial charge in [-0.25, -0.2) is 0 Å². The first-order valence-electron chi connectivity index (χ1n) is 7.50. The summed E-state index contributed by atoms with van der Waals surface area (Å²) in [6, 6.07) is 0.145. The number of nitrogens with zero attached hydrogens (tertiary/aromatic N) is 6. The Morgan fingerprint density at radius 3 is 0.629 bits per heavy atom. The van der Waals surface area contributed by atoms with Crippen LogP contribution >= 0.6 is 0 Å². The zero-order valence-electron chi connectivity index (χ0n) is 15.9. The molecule has 0 N–H and O–H groups in total. The Morgan fingerprint density at radius 2 is 0.514 bits per heavy atom. The number of nitro benzene ring substituents is 6. The molecule has 0 aromatic heterocycles. The monoisotopic (exact) mass is 694 g/mol. The van der Waals surface area contributed by atoms with E-state index >= 15 is 0 Å². The first-order valence-corrected chi connectivity index (χ1v) is 7.50. The molecule has 2 aromatic carbocycles. The maximum Gasteiger partial charge on any atom is 0.420 e. The van der Waals surface area contributed by atoms with E-state index in [4.69, 9.17) is 0 Å². The summed E-state index contributed by atoms with van der Waals surface area (Å²) in [7, 11) is 0. The Balaban J connectivity index is 0.000000642. The Hall–Kier alpha value is -5.04. The third kappa shape index (κ3) is 6.06. The SMILES string of the molecule is O=[N+]([O-])c1c([O-])cc([O-])c([N+](=O)[O-])c1[N+](=O)[O-].O=[N+]([O-])c1c([O-])cc([O-])c([N+](=O)[O-])c1[N+](=O)[O-].[Pb]. The van der Waals surface area contributed by atoms with Gasteiger partial charge in [-0.15, -0.1) is 0 Å². The summed E-state index contributed by atoms with van der Waals surface area (Å²) in [5.74, 6) is -6.18. The first-order chi connectivity index (χ1) is 15.5. The van der Waals surface area contributed by atoms with E-state index in [0.717, 1.165) is 0 Å². The molecule has 0 amide bonds. The molecule has 0 heterocycles. The molecular formula is C12H2N6O16Pb-4. The maximum atomic E-state index is 11.0. The molecule has 0 unspecified atom stereocenters. The predicted octanol–water partition coefficient (Wildman–Crippen LogP) is -1.26. The van der Waals surface area contributed by atoms with Crippen LogP contribution in [0.2, 0.25) is 0 Å². The number of benzene rings is 2. The van der Waals surface area contributed by atoms with Gasteiger partial charge in [0, 0.05) is 27.3 Å². The number of hydrogen-bond acceptors (Lipinski definition) is 16. The van der Waals surface area contributed by atoms with E-state index in [1.807, 2.05) is 0 Å². The molecule has 22 nitrogen and oxygen atoms in total. The standard InChI is InChI=1S/2C6H3N3O8.Pb/c2*10-2-1-3(11)5(8(14)15)6(9(16)17)4(2)7(12)13;/h2*1,10-11H;/p-4. The summed E-state index contributed by atoms with van der Waals surface area (Å²) in [4.78, 5) is 53.8. The summed E-state index contributed by atoms with van der Waals surface area (Å²) in [6.07, 6.45) is 0. The van der Waals surface area contributed by atoms with Crippen LogP contribution in [0.3, 0.4) is 0 Å². The smallest absolute Gasteiger partial charge is 0.420 e. The summed E-state index contributed by atoms with van der Waals surface area (Å²) < 4.78 is 0. The number of hydrogen-bond donors (Lipinski definition) is 0. The van der Waals surface area contributed by atoms with Crippen LogP contribution in [0.5, 0.6) is 23.0 Å². The van der Waals surface area contributed by atoms with E-state index in [2.05, 4.69) is 0 Å². The summed E-state index contributed by atoms with van der Waals surface area (Å²) in [5, 5.41) is 107. The van der Waals surface area contributed by atoms with Crippen molar-refractivity contribution >= 4 is 61.4 Å². The molecule has 2 aromatic rings. The first kappa shape index (κ1) is 30.0. The van der Waals surface area contributed by atoms with Crippen molar-refractivity contribution < 1.29 is 50.0 Å². The average Bonchev–Trinajstić information content (AvgIpc) is 2.65. The summed E-state index contributed by atoms with van der Waals surface area (Å²) >= 11 is 0. The van der Waals surface area contributed by atoms with Gasteiger partial charge < -0.3 is 20.4 Å². The minimum Gasteiger partial charge on any atom is -0.868 e. The third-order valence-electron chi connectivity index (χ3n) is 3.45. The molecule has 4 radical (unpaired) electrons. The van der Waals surface area contributed by atoms with Gasteiger partial charge in [-0.2, -0.15) is 0 Å². The molecule has 0 aliphatic heterocycles. The van der Waals surface area contributed by atoms with Gasteiger partial charge >= 0.3 is 34.1 Å². The van der Waals surface area contributed by atoms with E-state index in [0.29, 0.717) is 0 Å². The Labute approximate surface area is 207 Å². The number of rotatable bonds is 6. The molecule has 0 aliphatic rings. The number of nitro groups is 6. The fraction of sp³-hybridized carbons (Fsp3) is 0. The van der Waals surface area contributed by atoms with Crippen LogP contribution in [0.15, 0.2) is 12.1 Å². The van der Waals surface area contributed by atoms with Gasteiger partial charge in [0.05, 0.1) is 29.5 Å².